The Balaban J connectivity index is 1.99. The Labute approximate surface area is 104 Å². The average Bonchev–Trinajstić information content (AvgIpc) is 2.37. The number of rotatable bonds is 7. The first-order valence-corrected chi connectivity index (χ1v) is 6.68. The van der Waals surface area contributed by atoms with Crippen molar-refractivity contribution in [2.75, 3.05) is 20.2 Å². The van der Waals surface area contributed by atoms with Crippen LogP contribution in [0.1, 0.15) is 44.9 Å². The molecule has 0 amide bonds. The second-order valence-corrected chi connectivity index (χ2v) is 4.93. The fourth-order valence-electron chi connectivity index (χ4n) is 2.33. The molecule has 1 unspecified atom stereocenters. The summed E-state index contributed by atoms with van der Waals surface area (Å²) in [5, 5.41) is 12.9. The molecule has 17 heavy (non-hydrogen) atoms. The van der Waals surface area contributed by atoms with Gasteiger partial charge >= 0.3 is 5.97 Å². The second kappa shape index (κ2) is 8.48. The van der Waals surface area contributed by atoms with Crippen LogP contribution in [0.2, 0.25) is 0 Å². The van der Waals surface area contributed by atoms with E-state index in [9.17, 15) is 9.90 Å². The van der Waals surface area contributed by atoms with E-state index in [0.717, 1.165) is 12.5 Å². The van der Waals surface area contributed by atoms with Crippen LogP contribution in [0.3, 0.4) is 0 Å². The predicted octanol–water partition coefficient (Wildman–Crippen LogP) is 1.47. The summed E-state index contributed by atoms with van der Waals surface area (Å²) in [7, 11) is 1.37. The lowest BCUT2D eigenvalue weighted by Gasteiger charge is -2.22. The highest BCUT2D eigenvalue weighted by Gasteiger charge is 2.13. The summed E-state index contributed by atoms with van der Waals surface area (Å²) in [4.78, 5) is 10.9. The van der Waals surface area contributed by atoms with Gasteiger partial charge in [0.05, 0.1) is 13.2 Å². The number of hydrogen-bond donors (Lipinski definition) is 2. The average molecular weight is 243 g/mol. The summed E-state index contributed by atoms with van der Waals surface area (Å²) in [5.74, 6) is 0.521. The molecule has 0 saturated heterocycles. The molecular weight excluding hydrogens is 218 g/mol. The van der Waals surface area contributed by atoms with Crippen LogP contribution < -0.4 is 5.32 Å². The van der Waals surface area contributed by atoms with E-state index in [1.807, 2.05) is 0 Å². The zero-order valence-corrected chi connectivity index (χ0v) is 10.8. The van der Waals surface area contributed by atoms with Crippen LogP contribution in [0.15, 0.2) is 0 Å². The highest BCUT2D eigenvalue weighted by Crippen LogP contribution is 2.22. The maximum atomic E-state index is 10.9. The molecule has 4 heteroatoms. The van der Waals surface area contributed by atoms with Gasteiger partial charge in [0, 0.05) is 13.0 Å². The lowest BCUT2D eigenvalue weighted by Crippen LogP contribution is -2.32. The number of carbonyl (C=O) groups excluding carboxylic acids is 1. The van der Waals surface area contributed by atoms with Crippen LogP contribution in [-0.2, 0) is 9.53 Å². The standard InChI is InChI=1S/C13H25NO3/c1-17-13(16)8-7-12(15)10-14-9-11-5-3-2-4-6-11/h11-12,14-15H,2-10H2,1H3. The van der Waals surface area contributed by atoms with Crippen LogP contribution in [-0.4, -0.2) is 37.4 Å². The number of esters is 1. The number of nitrogens with one attached hydrogen (secondary N) is 1. The van der Waals surface area contributed by atoms with Crippen molar-refractivity contribution in [2.24, 2.45) is 5.92 Å². The summed E-state index contributed by atoms with van der Waals surface area (Å²) in [6.07, 6.45) is 7.01. The van der Waals surface area contributed by atoms with Crippen molar-refractivity contribution in [1.82, 2.24) is 5.32 Å². The molecule has 2 N–H and O–H groups in total. The summed E-state index contributed by atoms with van der Waals surface area (Å²) in [5.41, 5.74) is 0. The quantitative estimate of drug-likeness (QED) is 0.665. The van der Waals surface area contributed by atoms with Gasteiger partial charge in [-0.05, 0) is 31.7 Å². The minimum absolute atomic E-state index is 0.253. The molecule has 0 bridgehead atoms. The number of ether oxygens (including phenoxy) is 1. The number of carbonyl (C=O) groups is 1. The van der Waals surface area contributed by atoms with E-state index in [-0.39, 0.29) is 5.97 Å². The summed E-state index contributed by atoms with van der Waals surface area (Å²) >= 11 is 0. The molecule has 1 aliphatic rings. The molecule has 0 radical (unpaired) electrons. The second-order valence-electron chi connectivity index (χ2n) is 4.93. The molecule has 0 aromatic heterocycles. The van der Waals surface area contributed by atoms with Crippen molar-refractivity contribution in [1.29, 1.82) is 0 Å². The van der Waals surface area contributed by atoms with Gasteiger partial charge in [-0.25, -0.2) is 0 Å². The lowest BCUT2D eigenvalue weighted by atomic mass is 9.89. The minimum atomic E-state index is -0.447. The van der Waals surface area contributed by atoms with Gasteiger partial charge in [0.15, 0.2) is 0 Å². The highest BCUT2D eigenvalue weighted by molar-refractivity contribution is 5.69. The first-order valence-electron chi connectivity index (χ1n) is 6.68. The fraction of sp³-hybridized carbons (Fsp3) is 0.923. The van der Waals surface area contributed by atoms with Crippen LogP contribution in [0.4, 0.5) is 0 Å². The van der Waals surface area contributed by atoms with E-state index in [1.165, 1.54) is 39.2 Å². The molecule has 100 valence electrons. The normalized spacial score (nSPS) is 18.9. The Morgan fingerprint density at radius 2 is 2.12 bits per heavy atom. The SMILES string of the molecule is COC(=O)CCC(O)CNCC1CCCCC1. The van der Waals surface area contributed by atoms with Crippen molar-refractivity contribution >= 4 is 5.97 Å². The maximum absolute atomic E-state index is 10.9. The Hall–Kier alpha value is -0.610. The molecular formula is C13H25NO3. The van der Waals surface area contributed by atoms with Gasteiger partial charge < -0.3 is 15.2 Å². The van der Waals surface area contributed by atoms with Gasteiger partial charge in [-0.15, -0.1) is 0 Å². The van der Waals surface area contributed by atoms with Crippen LogP contribution >= 0.6 is 0 Å². The van der Waals surface area contributed by atoms with Crippen molar-refractivity contribution in [3.05, 3.63) is 0 Å². The molecule has 1 rings (SSSR count). The van der Waals surface area contributed by atoms with Gasteiger partial charge in [0.2, 0.25) is 0 Å². The molecule has 0 heterocycles. The topological polar surface area (TPSA) is 58.6 Å². The van der Waals surface area contributed by atoms with E-state index in [2.05, 4.69) is 10.1 Å². The molecule has 1 atom stereocenters. The van der Waals surface area contributed by atoms with E-state index in [1.54, 1.807) is 0 Å². The molecule has 0 aromatic rings. The molecule has 1 fully saturated rings. The van der Waals surface area contributed by atoms with Crippen molar-refractivity contribution < 1.29 is 14.6 Å². The van der Waals surface area contributed by atoms with Crippen LogP contribution in [0.25, 0.3) is 0 Å². The Morgan fingerprint density at radius 3 is 2.76 bits per heavy atom. The van der Waals surface area contributed by atoms with Crippen molar-refractivity contribution in [3.63, 3.8) is 0 Å². The first kappa shape index (κ1) is 14.5. The molecule has 0 spiro atoms. The van der Waals surface area contributed by atoms with Gasteiger partial charge in [-0.3, -0.25) is 4.79 Å². The summed E-state index contributed by atoms with van der Waals surface area (Å²) in [6.45, 7) is 1.57. The first-order chi connectivity index (χ1) is 8.22. The van der Waals surface area contributed by atoms with Gasteiger partial charge in [0.25, 0.3) is 0 Å². The third-order valence-electron chi connectivity index (χ3n) is 3.45. The van der Waals surface area contributed by atoms with Crippen molar-refractivity contribution in [2.45, 2.75) is 51.0 Å². The number of aliphatic hydroxyl groups excluding tert-OH is 1. The van der Waals surface area contributed by atoms with Crippen LogP contribution in [0, 0.1) is 5.92 Å². The van der Waals surface area contributed by atoms with E-state index >= 15 is 0 Å². The summed E-state index contributed by atoms with van der Waals surface area (Å²) in [6, 6.07) is 0. The Morgan fingerprint density at radius 1 is 1.41 bits per heavy atom. The van der Waals surface area contributed by atoms with Gasteiger partial charge in [-0.2, -0.15) is 0 Å². The van der Waals surface area contributed by atoms with Gasteiger partial charge in [-0.1, -0.05) is 19.3 Å². The monoisotopic (exact) mass is 243 g/mol. The zero-order chi connectivity index (χ0) is 12.5. The lowest BCUT2D eigenvalue weighted by molar-refractivity contribution is -0.141. The van der Waals surface area contributed by atoms with Crippen LogP contribution in [0.5, 0.6) is 0 Å². The fourth-order valence-corrected chi connectivity index (χ4v) is 2.33. The molecule has 1 saturated carbocycles. The predicted molar refractivity (Wildman–Crippen MR) is 66.7 cm³/mol. The maximum Gasteiger partial charge on any atom is 0.305 e. The third-order valence-corrected chi connectivity index (χ3v) is 3.45. The smallest absolute Gasteiger partial charge is 0.305 e. The molecule has 1 aliphatic carbocycles. The van der Waals surface area contributed by atoms with E-state index in [4.69, 9.17) is 0 Å². The molecule has 0 aliphatic heterocycles. The third kappa shape index (κ3) is 6.64. The highest BCUT2D eigenvalue weighted by atomic mass is 16.5. The molecule has 0 aromatic carbocycles. The Kier molecular flexibility index (Phi) is 7.21. The zero-order valence-electron chi connectivity index (χ0n) is 10.8. The Bertz CT molecular complexity index is 215. The number of methoxy groups -OCH3 is 1. The van der Waals surface area contributed by atoms with E-state index < -0.39 is 6.10 Å². The largest absolute Gasteiger partial charge is 0.469 e. The molecule has 4 nitrogen and oxygen atoms in total. The van der Waals surface area contributed by atoms with Crippen molar-refractivity contribution in [3.8, 4) is 0 Å². The number of aliphatic hydroxyl groups is 1. The summed E-state index contributed by atoms with van der Waals surface area (Å²) < 4.78 is 4.53. The van der Waals surface area contributed by atoms with E-state index in [0.29, 0.717) is 19.4 Å². The van der Waals surface area contributed by atoms with Gasteiger partial charge in [0.1, 0.15) is 0 Å². The minimum Gasteiger partial charge on any atom is -0.469 e. The number of hydrogen-bond acceptors (Lipinski definition) is 4.